The van der Waals surface area contributed by atoms with Gasteiger partial charge in [0.1, 0.15) is 5.69 Å². The monoisotopic (exact) mass is 483 g/mol. The predicted octanol–water partition coefficient (Wildman–Crippen LogP) is 2.71. The van der Waals surface area contributed by atoms with Crippen LogP contribution < -0.4 is 16.2 Å². The number of hydrogen-bond donors (Lipinski definition) is 2. The molecule has 1 aliphatic heterocycles. The molecule has 184 valence electrons. The van der Waals surface area contributed by atoms with Crippen LogP contribution in [0.3, 0.4) is 0 Å². The first-order valence-corrected chi connectivity index (χ1v) is 12.1. The molecule has 2 unspecified atom stereocenters. The normalized spacial score (nSPS) is 24.5. The SMILES string of the molecule is NC(=O)CC1CCCN(c2nnc(-c3n[nH]c(=O)c4ccccc34)n2CC2C(F)(F)C23CCC3)C1. The van der Waals surface area contributed by atoms with E-state index in [-0.39, 0.29) is 30.3 Å². The summed E-state index contributed by atoms with van der Waals surface area (Å²) < 4.78 is 31.6. The number of aromatic amines is 1. The van der Waals surface area contributed by atoms with Crippen LogP contribution in [0.15, 0.2) is 29.1 Å². The van der Waals surface area contributed by atoms with Gasteiger partial charge >= 0.3 is 0 Å². The minimum absolute atomic E-state index is 0.0663. The molecule has 2 aliphatic carbocycles. The molecule has 6 rings (SSSR count). The van der Waals surface area contributed by atoms with Gasteiger partial charge in [0, 0.05) is 36.9 Å². The highest BCUT2D eigenvalue weighted by Gasteiger charge is 2.81. The third-order valence-electron chi connectivity index (χ3n) is 8.23. The van der Waals surface area contributed by atoms with E-state index in [2.05, 4.69) is 20.4 Å². The van der Waals surface area contributed by atoms with Gasteiger partial charge in [0.2, 0.25) is 11.9 Å². The van der Waals surface area contributed by atoms with Crippen molar-refractivity contribution in [2.75, 3.05) is 18.0 Å². The number of alkyl halides is 2. The largest absolute Gasteiger partial charge is 0.370 e. The van der Waals surface area contributed by atoms with E-state index in [9.17, 15) is 18.4 Å². The van der Waals surface area contributed by atoms with Crippen LogP contribution in [-0.4, -0.2) is 49.9 Å². The van der Waals surface area contributed by atoms with Crippen LogP contribution in [0.5, 0.6) is 0 Å². The fourth-order valence-corrected chi connectivity index (χ4v) is 6.16. The van der Waals surface area contributed by atoms with Crippen LogP contribution in [0.25, 0.3) is 22.3 Å². The van der Waals surface area contributed by atoms with Crippen molar-refractivity contribution in [3.8, 4) is 11.5 Å². The predicted molar refractivity (Wildman–Crippen MR) is 125 cm³/mol. The second-order valence-electron chi connectivity index (χ2n) is 10.2. The van der Waals surface area contributed by atoms with E-state index in [0.29, 0.717) is 54.2 Å². The van der Waals surface area contributed by atoms with Crippen LogP contribution in [0.2, 0.25) is 0 Å². The van der Waals surface area contributed by atoms with Crippen LogP contribution >= 0.6 is 0 Å². The molecular formula is C24H27F2N7O2. The molecule has 1 aromatic carbocycles. The summed E-state index contributed by atoms with van der Waals surface area (Å²) in [5.74, 6) is -2.96. The average molecular weight is 484 g/mol. The van der Waals surface area contributed by atoms with Gasteiger partial charge in [-0.25, -0.2) is 13.9 Å². The van der Waals surface area contributed by atoms with E-state index < -0.39 is 17.3 Å². The second-order valence-corrected chi connectivity index (χ2v) is 10.2. The lowest BCUT2D eigenvalue weighted by Gasteiger charge is -2.33. The Morgan fingerprint density at radius 2 is 1.94 bits per heavy atom. The second kappa shape index (κ2) is 7.82. The number of piperidine rings is 1. The highest BCUT2D eigenvalue weighted by atomic mass is 19.3. The summed E-state index contributed by atoms with van der Waals surface area (Å²) >= 11 is 0. The number of rotatable bonds is 6. The number of nitrogens with one attached hydrogen (secondary N) is 1. The third-order valence-corrected chi connectivity index (χ3v) is 8.23. The van der Waals surface area contributed by atoms with Crippen molar-refractivity contribution in [1.82, 2.24) is 25.0 Å². The first kappa shape index (κ1) is 22.1. The van der Waals surface area contributed by atoms with Crippen LogP contribution in [0.4, 0.5) is 14.7 Å². The number of primary amides is 1. The van der Waals surface area contributed by atoms with Gasteiger partial charge in [0.05, 0.1) is 11.3 Å². The summed E-state index contributed by atoms with van der Waals surface area (Å²) in [5.41, 5.74) is 4.57. The first-order chi connectivity index (χ1) is 16.8. The standard InChI is InChI=1S/C24H27F2N7O2/c25-24(26)17(23(24)8-4-9-23)13-33-20(19-15-6-1-2-7-16(15)21(35)30-28-19)29-31-22(33)32-10-3-5-14(12-32)11-18(27)34/h1-2,6-7,14,17H,3-5,8-13H2,(H2,27,34)(H,30,35). The molecule has 2 aromatic heterocycles. The highest BCUT2D eigenvalue weighted by Crippen LogP contribution is 2.75. The quantitative estimate of drug-likeness (QED) is 0.556. The molecule has 3 heterocycles. The first-order valence-electron chi connectivity index (χ1n) is 12.1. The maximum Gasteiger partial charge on any atom is 0.272 e. The minimum Gasteiger partial charge on any atom is -0.370 e. The van der Waals surface area contributed by atoms with E-state index in [1.807, 2.05) is 4.90 Å². The van der Waals surface area contributed by atoms with E-state index in [4.69, 9.17) is 5.73 Å². The number of nitrogens with zero attached hydrogens (tertiary/aromatic N) is 5. The van der Waals surface area contributed by atoms with Crippen molar-refractivity contribution < 1.29 is 13.6 Å². The number of benzene rings is 1. The summed E-state index contributed by atoms with van der Waals surface area (Å²) in [6.45, 7) is 1.29. The van der Waals surface area contributed by atoms with Crippen LogP contribution in [-0.2, 0) is 11.3 Å². The zero-order chi connectivity index (χ0) is 24.4. The lowest BCUT2D eigenvalue weighted by molar-refractivity contribution is -0.118. The number of aromatic nitrogens is 5. The molecule has 3 fully saturated rings. The summed E-state index contributed by atoms with van der Waals surface area (Å²) in [6.07, 6.45) is 3.86. The van der Waals surface area contributed by atoms with Gasteiger partial charge < -0.3 is 10.6 Å². The molecule has 2 saturated carbocycles. The molecular weight excluding hydrogens is 456 g/mol. The third kappa shape index (κ3) is 3.35. The maximum atomic E-state index is 14.9. The number of H-pyrrole nitrogens is 1. The van der Waals surface area contributed by atoms with E-state index in [0.717, 1.165) is 19.3 Å². The maximum absolute atomic E-state index is 14.9. The van der Waals surface area contributed by atoms with Crippen LogP contribution in [0, 0.1) is 17.3 Å². The van der Waals surface area contributed by atoms with Gasteiger partial charge in [-0.3, -0.25) is 14.2 Å². The van der Waals surface area contributed by atoms with Crippen molar-refractivity contribution in [2.45, 2.75) is 51.0 Å². The van der Waals surface area contributed by atoms with Gasteiger partial charge in [0.25, 0.3) is 11.5 Å². The fourth-order valence-electron chi connectivity index (χ4n) is 6.16. The summed E-state index contributed by atoms with van der Waals surface area (Å²) in [6, 6.07) is 7.02. The Morgan fingerprint density at radius 3 is 2.63 bits per heavy atom. The molecule has 1 saturated heterocycles. The molecule has 3 N–H and O–H groups in total. The lowest BCUT2D eigenvalue weighted by Crippen LogP contribution is -2.38. The molecule has 9 nitrogen and oxygen atoms in total. The van der Waals surface area contributed by atoms with E-state index in [1.165, 1.54) is 0 Å². The number of fused-ring (bicyclic) bond motifs is 1. The Balaban J connectivity index is 1.43. The molecule has 2 atom stereocenters. The molecule has 3 aliphatic rings. The summed E-state index contributed by atoms with van der Waals surface area (Å²) in [4.78, 5) is 25.8. The Labute approximate surface area is 199 Å². The van der Waals surface area contributed by atoms with E-state index in [1.54, 1.807) is 28.8 Å². The number of anilines is 1. The lowest BCUT2D eigenvalue weighted by atomic mass is 9.79. The number of carbonyl (C=O) groups excluding carboxylic acids is 1. The fraction of sp³-hybridized carbons (Fsp3) is 0.542. The van der Waals surface area contributed by atoms with Gasteiger partial charge in [0.15, 0.2) is 5.82 Å². The van der Waals surface area contributed by atoms with Crippen LogP contribution in [0.1, 0.15) is 38.5 Å². The van der Waals surface area contributed by atoms with Crippen molar-refractivity contribution in [2.24, 2.45) is 23.0 Å². The molecule has 1 amide bonds. The van der Waals surface area contributed by atoms with Crippen molar-refractivity contribution in [3.05, 3.63) is 34.6 Å². The zero-order valence-electron chi connectivity index (χ0n) is 19.2. The number of nitrogens with two attached hydrogens (primary N) is 1. The average Bonchev–Trinajstić information content (AvgIpc) is 3.08. The van der Waals surface area contributed by atoms with Gasteiger partial charge in [-0.2, -0.15) is 5.10 Å². The van der Waals surface area contributed by atoms with Crippen molar-refractivity contribution in [1.29, 1.82) is 0 Å². The molecule has 1 spiro atoms. The van der Waals surface area contributed by atoms with Gasteiger partial charge in [-0.05, 0) is 37.7 Å². The zero-order valence-corrected chi connectivity index (χ0v) is 19.2. The number of carbonyl (C=O) groups is 1. The highest BCUT2D eigenvalue weighted by molar-refractivity contribution is 5.92. The molecule has 0 radical (unpaired) electrons. The smallest absolute Gasteiger partial charge is 0.272 e. The molecule has 3 aromatic rings. The minimum atomic E-state index is -2.72. The van der Waals surface area contributed by atoms with Crippen molar-refractivity contribution in [3.63, 3.8) is 0 Å². The molecule has 0 bridgehead atoms. The Hall–Kier alpha value is -3.37. The summed E-state index contributed by atoms with van der Waals surface area (Å²) in [7, 11) is 0. The number of amides is 1. The number of halogens is 2. The Kier molecular flexibility index (Phi) is 4.94. The summed E-state index contributed by atoms with van der Waals surface area (Å²) in [5, 5.41) is 16.6. The molecule has 11 heteroatoms. The van der Waals surface area contributed by atoms with Crippen molar-refractivity contribution >= 4 is 22.6 Å². The Morgan fingerprint density at radius 1 is 1.17 bits per heavy atom. The van der Waals surface area contributed by atoms with E-state index >= 15 is 0 Å². The Bertz CT molecular complexity index is 1360. The number of hydrogen-bond acceptors (Lipinski definition) is 6. The molecule has 35 heavy (non-hydrogen) atoms. The van der Waals surface area contributed by atoms with Gasteiger partial charge in [-0.15, -0.1) is 10.2 Å². The topological polar surface area (TPSA) is 123 Å². The van der Waals surface area contributed by atoms with Gasteiger partial charge in [-0.1, -0.05) is 24.6 Å².